The van der Waals surface area contributed by atoms with Crippen molar-refractivity contribution in [2.45, 2.75) is 30.5 Å². The van der Waals surface area contributed by atoms with E-state index in [2.05, 4.69) is 27.7 Å². The molecule has 0 bridgehead atoms. The Morgan fingerprint density at radius 2 is 2.50 bits per heavy atom. The molecule has 2 rings (SSSR count). The van der Waals surface area contributed by atoms with E-state index in [0.717, 1.165) is 27.9 Å². The number of hydrogen-bond donors (Lipinski definition) is 1. The number of hydrogen-bond acceptors (Lipinski definition) is 5. The van der Waals surface area contributed by atoms with E-state index in [-0.39, 0.29) is 5.91 Å². The van der Waals surface area contributed by atoms with Gasteiger partial charge in [0, 0.05) is 18.7 Å². The average Bonchev–Trinajstić information content (AvgIpc) is 2.96. The second-order valence-corrected chi connectivity index (χ2v) is 6.78. The molecule has 0 saturated carbocycles. The van der Waals surface area contributed by atoms with E-state index in [1.54, 1.807) is 23.1 Å². The van der Waals surface area contributed by atoms with Crippen molar-refractivity contribution in [3.05, 3.63) is 17.2 Å². The summed E-state index contributed by atoms with van der Waals surface area (Å²) >= 11 is 3.23. The number of thioether (sulfide) groups is 1. The molecular weight excluding hydrogens is 266 g/mol. The minimum atomic E-state index is 0.153. The SMILES string of the molecule is Cc1nnc(SCCNC(=O)C[C@@H]2C=CCC2)s1. The highest BCUT2D eigenvalue weighted by Crippen LogP contribution is 2.21. The summed E-state index contributed by atoms with van der Waals surface area (Å²) in [4.78, 5) is 11.6. The van der Waals surface area contributed by atoms with Gasteiger partial charge in [-0.3, -0.25) is 4.79 Å². The van der Waals surface area contributed by atoms with Crippen LogP contribution in [0.2, 0.25) is 0 Å². The number of amides is 1. The summed E-state index contributed by atoms with van der Waals surface area (Å²) in [5.41, 5.74) is 0. The van der Waals surface area contributed by atoms with Crippen molar-refractivity contribution in [1.82, 2.24) is 15.5 Å². The molecule has 98 valence electrons. The minimum absolute atomic E-state index is 0.153. The first kappa shape index (κ1) is 13.5. The third-order valence-electron chi connectivity index (χ3n) is 2.72. The molecule has 0 unspecified atom stereocenters. The first-order valence-electron chi connectivity index (χ1n) is 6.10. The van der Waals surface area contributed by atoms with Crippen LogP contribution in [-0.4, -0.2) is 28.4 Å². The van der Waals surface area contributed by atoms with Crippen LogP contribution in [0.25, 0.3) is 0 Å². The molecule has 4 nitrogen and oxygen atoms in total. The molecule has 6 heteroatoms. The maximum Gasteiger partial charge on any atom is 0.220 e. The molecule has 1 aliphatic rings. The molecule has 18 heavy (non-hydrogen) atoms. The standard InChI is InChI=1S/C12H17N3OS2/c1-9-14-15-12(18-9)17-7-6-13-11(16)8-10-4-2-3-5-10/h2,4,10H,3,5-8H2,1H3,(H,13,16)/t10-/m1/s1. The second kappa shape index (κ2) is 6.89. The number of nitrogens with one attached hydrogen (secondary N) is 1. The highest BCUT2D eigenvalue weighted by molar-refractivity contribution is 8.01. The van der Waals surface area contributed by atoms with Gasteiger partial charge in [-0.1, -0.05) is 35.3 Å². The summed E-state index contributed by atoms with van der Waals surface area (Å²) < 4.78 is 0.973. The van der Waals surface area contributed by atoms with Crippen molar-refractivity contribution in [1.29, 1.82) is 0 Å². The van der Waals surface area contributed by atoms with Crippen LogP contribution in [0.1, 0.15) is 24.3 Å². The van der Waals surface area contributed by atoms with Gasteiger partial charge in [-0.15, -0.1) is 10.2 Å². The molecule has 0 aliphatic heterocycles. The Labute approximate surface area is 115 Å². The van der Waals surface area contributed by atoms with E-state index in [4.69, 9.17) is 0 Å². The number of aromatic nitrogens is 2. The average molecular weight is 283 g/mol. The van der Waals surface area contributed by atoms with Gasteiger partial charge < -0.3 is 5.32 Å². The highest BCUT2D eigenvalue weighted by Gasteiger charge is 2.13. The number of allylic oxidation sites excluding steroid dienone is 2. The monoisotopic (exact) mass is 283 g/mol. The van der Waals surface area contributed by atoms with Crippen molar-refractivity contribution >= 4 is 29.0 Å². The maximum absolute atomic E-state index is 11.6. The van der Waals surface area contributed by atoms with Crippen LogP contribution < -0.4 is 5.32 Å². The van der Waals surface area contributed by atoms with Crippen molar-refractivity contribution in [3.63, 3.8) is 0 Å². The fraction of sp³-hybridized carbons (Fsp3) is 0.583. The van der Waals surface area contributed by atoms with Gasteiger partial charge in [0.05, 0.1) is 0 Å². The Hall–Kier alpha value is -0.880. The molecule has 0 saturated heterocycles. The van der Waals surface area contributed by atoms with Gasteiger partial charge in [0.25, 0.3) is 0 Å². The molecule has 1 aromatic rings. The summed E-state index contributed by atoms with van der Waals surface area (Å²) in [5, 5.41) is 11.9. The van der Waals surface area contributed by atoms with Crippen molar-refractivity contribution in [3.8, 4) is 0 Å². The van der Waals surface area contributed by atoms with E-state index in [9.17, 15) is 4.79 Å². The van der Waals surface area contributed by atoms with Crippen LogP contribution in [0.4, 0.5) is 0 Å². The van der Waals surface area contributed by atoms with Crippen LogP contribution in [-0.2, 0) is 4.79 Å². The minimum Gasteiger partial charge on any atom is -0.355 e. The summed E-state index contributed by atoms with van der Waals surface area (Å²) in [5.74, 6) is 1.45. The lowest BCUT2D eigenvalue weighted by Crippen LogP contribution is -2.27. The van der Waals surface area contributed by atoms with Crippen molar-refractivity contribution in [2.75, 3.05) is 12.3 Å². The molecule has 1 aromatic heterocycles. The van der Waals surface area contributed by atoms with Gasteiger partial charge in [0.15, 0.2) is 4.34 Å². The summed E-state index contributed by atoms with van der Waals surface area (Å²) in [6.45, 7) is 2.64. The number of carbonyl (C=O) groups is 1. The molecule has 1 atom stereocenters. The number of rotatable bonds is 6. The normalized spacial score (nSPS) is 18.2. The number of nitrogens with zero attached hydrogens (tertiary/aromatic N) is 2. The van der Waals surface area contributed by atoms with Gasteiger partial charge in [0.1, 0.15) is 5.01 Å². The Morgan fingerprint density at radius 3 is 3.17 bits per heavy atom. The molecular formula is C12H17N3OS2. The lowest BCUT2D eigenvalue weighted by Gasteiger charge is -2.07. The molecule has 1 N–H and O–H groups in total. The first-order chi connectivity index (χ1) is 8.74. The van der Waals surface area contributed by atoms with Crippen LogP contribution >= 0.6 is 23.1 Å². The Balaban J connectivity index is 1.57. The maximum atomic E-state index is 11.6. The van der Waals surface area contributed by atoms with Crippen LogP contribution in [0.5, 0.6) is 0 Å². The number of carbonyl (C=O) groups excluding carboxylic acids is 1. The molecule has 1 heterocycles. The number of aryl methyl sites for hydroxylation is 1. The molecule has 1 aliphatic carbocycles. The van der Waals surface area contributed by atoms with E-state index >= 15 is 0 Å². The van der Waals surface area contributed by atoms with Crippen LogP contribution in [0, 0.1) is 12.8 Å². The molecule has 0 radical (unpaired) electrons. The van der Waals surface area contributed by atoms with Crippen molar-refractivity contribution < 1.29 is 4.79 Å². The van der Waals surface area contributed by atoms with Gasteiger partial charge >= 0.3 is 0 Å². The van der Waals surface area contributed by atoms with Crippen LogP contribution in [0.3, 0.4) is 0 Å². The predicted molar refractivity (Wildman–Crippen MR) is 74.9 cm³/mol. The first-order valence-corrected chi connectivity index (χ1v) is 7.90. The fourth-order valence-corrected chi connectivity index (χ4v) is 3.58. The third kappa shape index (κ3) is 4.42. The van der Waals surface area contributed by atoms with E-state index in [1.807, 2.05) is 6.92 Å². The van der Waals surface area contributed by atoms with Gasteiger partial charge in [0.2, 0.25) is 5.91 Å². The van der Waals surface area contributed by atoms with Crippen LogP contribution in [0.15, 0.2) is 16.5 Å². The van der Waals surface area contributed by atoms with E-state index in [0.29, 0.717) is 18.9 Å². The summed E-state index contributed by atoms with van der Waals surface area (Å²) in [6, 6.07) is 0. The fourth-order valence-electron chi connectivity index (χ4n) is 1.84. The molecule has 1 amide bonds. The Bertz CT molecular complexity index is 431. The van der Waals surface area contributed by atoms with E-state index in [1.165, 1.54) is 0 Å². The van der Waals surface area contributed by atoms with Gasteiger partial charge in [-0.2, -0.15) is 0 Å². The topological polar surface area (TPSA) is 54.9 Å². The van der Waals surface area contributed by atoms with E-state index < -0.39 is 0 Å². The second-order valence-electron chi connectivity index (χ2n) is 4.26. The lowest BCUT2D eigenvalue weighted by molar-refractivity contribution is -0.121. The summed E-state index contributed by atoms with van der Waals surface area (Å²) in [6.07, 6.45) is 7.17. The Kier molecular flexibility index (Phi) is 5.19. The molecule has 0 aromatic carbocycles. The zero-order valence-electron chi connectivity index (χ0n) is 10.4. The smallest absolute Gasteiger partial charge is 0.220 e. The molecule has 0 spiro atoms. The summed E-state index contributed by atoms with van der Waals surface area (Å²) in [7, 11) is 0. The Morgan fingerprint density at radius 1 is 1.61 bits per heavy atom. The van der Waals surface area contributed by atoms with Crippen molar-refractivity contribution in [2.24, 2.45) is 5.92 Å². The largest absolute Gasteiger partial charge is 0.355 e. The zero-order valence-corrected chi connectivity index (χ0v) is 12.0. The quantitative estimate of drug-likeness (QED) is 0.495. The van der Waals surface area contributed by atoms with Gasteiger partial charge in [-0.05, 0) is 25.7 Å². The lowest BCUT2D eigenvalue weighted by atomic mass is 10.1. The predicted octanol–water partition coefficient (Wildman–Crippen LogP) is 2.41. The van der Waals surface area contributed by atoms with Gasteiger partial charge in [-0.25, -0.2) is 0 Å². The zero-order chi connectivity index (χ0) is 12.8. The highest BCUT2D eigenvalue weighted by atomic mass is 32.2. The third-order valence-corrected chi connectivity index (χ3v) is 4.69. The molecule has 0 fully saturated rings.